The molecular formula is C24H19ClN6O3. The summed E-state index contributed by atoms with van der Waals surface area (Å²) in [5, 5.41) is 11.6. The summed E-state index contributed by atoms with van der Waals surface area (Å²) in [5.74, 6) is 0.775. The summed E-state index contributed by atoms with van der Waals surface area (Å²) in [6.07, 6.45) is 5.22. The average Bonchev–Trinajstić information content (AvgIpc) is 3.52. The van der Waals surface area contributed by atoms with Crippen molar-refractivity contribution < 1.29 is 14.3 Å². The third-order valence-corrected chi connectivity index (χ3v) is 5.63. The van der Waals surface area contributed by atoms with Crippen LogP contribution < -0.4 is 15.0 Å². The van der Waals surface area contributed by atoms with Gasteiger partial charge in [-0.1, -0.05) is 11.6 Å². The molecule has 10 heteroatoms. The molecule has 9 nitrogen and oxygen atoms in total. The van der Waals surface area contributed by atoms with Crippen LogP contribution in [0.25, 0.3) is 5.82 Å². The maximum atomic E-state index is 12.7. The first-order valence-electron chi connectivity index (χ1n) is 10.5. The van der Waals surface area contributed by atoms with Crippen molar-refractivity contribution in [3.05, 3.63) is 84.4 Å². The Bertz CT molecular complexity index is 1290. The first kappa shape index (κ1) is 21.6. The van der Waals surface area contributed by atoms with Gasteiger partial charge < -0.3 is 15.0 Å². The minimum Gasteiger partial charge on any atom is -0.438 e. The molecule has 1 saturated heterocycles. The molecule has 3 heterocycles. The zero-order chi connectivity index (χ0) is 23.5. The molecule has 1 aliphatic heterocycles. The van der Waals surface area contributed by atoms with Gasteiger partial charge in [0.15, 0.2) is 5.82 Å². The molecule has 170 valence electrons. The molecule has 1 unspecified atom stereocenters. The highest BCUT2D eigenvalue weighted by atomic mass is 35.5. The number of imidazole rings is 1. The van der Waals surface area contributed by atoms with Crippen LogP contribution in [0.3, 0.4) is 0 Å². The lowest BCUT2D eigenvalue weighted by atomic mass is 10.1. The Kier molecular flexibility index (Phi) is 5.92. The van der Waals surface area contributed by atoms with Crippen LogP contribution in [0, 0.1) is 5.92 Å². The summed E-state index contributed by atoms with van der Waals surface area (Å²) >= 11 is 5.92. The number of hydrogen-bond acceptors (Lipinski definition) is 6. The van der Waals surface area contributed by atoms with Crippen molar-refractivity contribution in [3.8, 4) is 17.4 Å². The molecular weight excluding hydrogens is 456 g/mol. The number of amides is 2. The Balaban J connectivity index is 1.18. The standard InChI is InChI=1S/C24H19ClN6O3/c25-17-1-5-19(6-2-17)31-14-16(13-23(31)32)24(33)27-18-3-7-20(8-4-18)34-22-10-9-21(28-29-22)30-12-11-26-15-30/h1-12,15-16H,13-14H2,(H,27,33). The molecule has 1 fully saturated rings. The number of carbonyl (C=O) groups is 2. The summed E-state index contributed by atoms with van der Waals surface area (Å²) in [5.41, 5.74) is 1.34. The lowest BCUT2D eigenvalue weighted by molar-refractivity contribution is -0.122. The molecule has 0 spiro atoms. The molecule has 2 amide bonds. The number of anilines is 2. The summed E-state index contributed by atoms with van der Waals surface area (Å²) in [4.78, 5) is 30.7. The topological polar surface area (TPSA) is 102 Å². The van der Waals surface area contributed by atoms with E-state index < -0.39 is 5.92 Å². The number of hydrogen-bond donors (Lipinski definition) is 1. The summed E-state index contributed by atoms with van der Waals surface area (Å²) in [6, 6.07) is 17.4. The molecule has 0 saturated carbocycles. The number of aromatic nitrogens is 4. The molecule has 1 aliphatic rings. The highest BCUT2D eigenvalue weighted by Crippen LogP contribution is 2.28. The quantitative estimate of drug-likeness (QED) is 0.451. The van der Waals surface area contributed by atoms with Crippen molar-refractivity contribution in [1.82, 2.24) is 19.7 Å². The van der Waals surface area contributed by atoms with E-state index in [1.807, 2.05) is 0 Å². The van der Waals surface area contributed by atoms with Crippen molar-refractivity contribution >= 4 is 34.8 Å². The number of nitrogens with zero attached hydrogens (tertiary/aromatic N) is 5. The Morgan fingerprint density at radius 2 is 1.82 bits per heavy atom. The van der Waals surface area contributed by atoms with E-state index in [9.17, 15) is 9.59 Å². The number of benzene rings is 2. The first-order valence-corrected chi connectivity index (χ1v) is 10.9. The SMILES string of the molecule is O=C(Nc1ccc(Oc2ccc(-n3ccnc3)nn2)cc1)C1CC(=O)N(c2ccc(Cl)cc2)C1. The van der Waals surface area contributed by atoms with Crippen LogP contribution in [0.1, 0.15) is 6.42 Å². The van der Waals surface area contributed by atoms with Crippen LogP contribution in [-0.4, -0.2) is 38.1 Å². The molecule has 2 aromatic heterocycles. The van der Waals surface area contributed by atoms with Crippen molar-refractivity contribution in [2.24, 2.45) is 5.92 Å². The van der Waals surface area contributed by atoms with Gasteiger partial charge in [-0.05, 0) is 54.6 Å². The van der Waals surface area contributed by atoms with Gasteiger partial charge in [0.05, 0.1) is 5.92 Å². The molecule has 0 bridgehead atoms. The predicted molar refractivity (Wildman–Crippen MR) is 126 cm³/mol. The number of rotatable bonds is 6. The lowest BCUT2D eigenvalue weighted by Crippen LogP contribution is -2.28. The van der Waals surface area contributed by atoms with Crippen molar-refractivity contribution in [2.45, 2.75) is 6.42 Å². The summed E-state index contributed by atoms with van der Waals surface area (Å²) in [6.45, 7) is 0.321. The monoisotopic (exact) mass is 474 g/mol. The minimum atomic E-state index is -0.441. The van der Waals surface area contributed by atoms with E-state index in [0.717, 1.165) is 5.69 Å². The van der Waals surface area contributed by atoms with Crippen LogP contribution in [0.15, 0.2) is 79.4 Å². The Labute approximate surface area is 200 Å². The fraction of sp³-hybridized carbons (Fsp3) is 0.125. The molecule has 1 N–H and O–H groups in total. The Morgan fingerprint density at radius 1 is 1.03 bits per heavy atom. The molecule has 5 rings (SSSR count). The van der Waals surface area contributed by atoms with Crippen molar-refractivity contribution in [3.63, 3.8) is 0 Å². The van der Waals surface area contributed by atoms with Crippen LogP contribution in [-0.2, 0) is 9.59 Å². The van der Waals surface area contributed by atoms with Crippen LogP contribution >= 0.6 is 11.6 Å². The van der Waals surface area contributed by atoms with Gasteiger partial charge in [-0.3, -0.25) is 14.2 Å². The Morgan fingerprint density at radius 3 is 2.50 bits per heavy atom. The molecule has 0 radical (unpaired) electrons. The normalized spacial score (nSPS) is 15.4. The maximum absolute atomic E-state index is 12.7. The number of ether oxygens (including phenoxy) is 1. The second-order valence-electron chi connectivity index (χ2n) is 7.70. The van der Waals surface area contributed by atoms with E-state index in [4.69, 9.17) is 16.3 Å². The average molecular weight is 475 g/mol. The van der Waals surface area contributed by atoms with Crippen molar-refractivity contribution in [2.75, 3.05) is 16.8 Å². The van der Waals surface area contributed by atoms with Crippen LogP contribution in [0.4, 0.5) is 11.4 Å². The molecule has 34 heavy (non-hydrogen) atoms. The van der Waals surface area contributed by atoms with Gasteiger partial charge in [0.1, 0.15) is 12.1 Å². The largest absolute Gasteiger partial charge is 0.438 e. The van der Waals surface area contributed by atoms with Gasteiger partial charge in [0, 0.05) is 47.8 Å². The molecule has 0 aliphatic carbocycles. The molecule has 4 aromatic rings. The lowest BCUT2D eigenvalue weighted by Gasteiger charge is -2.16. The van der Waals surface area contributed by atoms with Crippen LogP contribution in [0.2, 0.25) is 5.02 Å². The maximum Gasteiger partial charge on any atom is 0.238 e. The van der Waals surface area contributed by atoms with E-state index in [2.05, 4.69) is 20.5 Å². The zero-order valence-electron chi connectivity index (χ0n) is 17.8. The van der Waals surface area contributed by atoms with E-state index in [0.29, 0.717) is 34.7 Å². The zero-order valence-corrected chi connectivity index (χ0v) is 18.6. The summed E-state index contributed by atoms with van der Waals surface area (Å²) < 4.78 is 7.46. The highest BCUT2D eigenvalue weighted by molar-refractivity contribution is 6.30. The second-order valence-corrected chi connectivity index (χ2v) is 8.13. The van der Waals surface area contributed by atoms with Gasteiger partial charge in [-0.2, -0.15) is 0 Å². The fourth-order valence-corrected chi connectivity index (χ4v) is 3.75. The van der Waals surface area contributed by atoms with Gasteiger partial charge >= 0.3 is 0 Å². The smallest absolute Gasteiger partial charge is 0.238 e. The van der Waals surface area contributed by atoms with Gasteiger partial charge in [-0.25, -0.2) is 4.98 Å². The number of nitrogens with one attached hydrogen (secondary N) is 1. The summed E-state index contributed by atoms with van der Waals surface area (Å²) in [7, 11) is 0. The second kappa shape index (κ2) is 9.32. The highest BCUT2D eigenvalue weighted by Gasteiger charge is 2.35. The minimum absolute atomic E-state index is 0.0913. The molecule has 2 aromatic carbocycles. The fourth-order valence-electron chi connectivity index (χ4n) is 3.62. The predicted octanol–water partition coefficient (Wildman–Crippen LogP) is 4.10. The van der Waals surface area contributed by atoms with Gasteiger partial charge in [-0.15, -0.1) is 10.2 Å². The number of halogens is 1. The van der Waals surface area contributed by atoms with Gasteiger partial charge in [0.25, 0.3) is 0 Å². The van der Waals surface area contributed by atoms with E-state index in [1.165, 1.54) is 0 Å². The third kappa shape index (κ3) is 4.74. The van der Waals surface area contributed by atoms with Crippen LogP contribution in [0.5, 0.6) is 11.6 Å². The first-order chi connectivity index (χ1) is 16.5. The third-order valence-electron chi connectivity index (χ3n) is 5.37. The van der Waals surface area contributed by atoms with E-state index in [-0.39, 0.29) is 18.2 Å². The van der Waals surface area contributed by atoms with Gasteiger partial charge in [0.2, 0.25) is 17.7 Å². The Hall–Kier alpha value is -4.24. The van der Waals surface area contributed by atoms with E-state index in [1.54, 1.807) is 88.9 Å². The van der Waals surface area contributed by atoms with Crippen molar-refractivity contribution in [1.29, 1.82) is 0 Å². The number of carbonyl (C=O) groups excluding carboxylic acids is 2. The molecule has 1 atom stereocenters. The van der Waals surface area contributed by atoms with E-state index >= 15 is 0 Å².